The van der Waals surface area contributed by atoms with Crippen molar-refractivity contribution in [1.82, 2.24) is 15.1 Å². The number of amides is 3. The van der Waals surface area contributed by atoms with Crippen molar-refractivity contribution in [2.45, 2.75) is 27.2 Å². The van der Waals surface area contributed by atoms with E-state index in [4.69, 9.17) is 9.47 Å². The Kier molecular flexibility index (Phi) is 9.19. The fourth-order valence-corrected chi connectivity index (χ4v) is 5.03. The maximum absolute atomic E-state index is 13.4. The highest BCUT2D eigenvalue weighted by Gasteiger charge is 2.27. The van der Waals surface area contributed by atoms with Gasteiger partial charge in [0, 0.05) is 69.9 Å². The minimum atomic E-state index is -0.326. The van der Waals surface area contributed by atoms with Crippen LogP contribution in [-0.2, 0) is 4.79 Å². The van der Waals surface area contributed by atoms with E-state index in [1.807, 2.05) is 21.9 Å². The highest BCUT2D eigenvalue weighted by Crippen LogP contribution is 2.32. The van der Waals surface area contributed by atoms with Crippen molar-refractivity contribution in [2.24, 2.45) is 5.41 Å². The minimum absolute atomic E-state index is 0.0627. The van der Waals surface area contributed by atoms with Crippen LogP contribution in [0, 0.1) is 5.41 Å². The number of hydrogen-bond acceptors (Lipinski definition) is 7. The van der Waals surface area contributed by atoms with Crippen molar-refractivity contribution in [3.8, 4) is 11.5 Å². The van der Waals surface area contributed by atoms with E-state index < -0.39 is 0 Å². The molecule has 4 rings (SSSR count). The monoisotopic (exact) mass is 551 g/mol. The van der Waals surface area contributed by atoms with E-state index in [2.05, 4.69) is 36.3 Å². The van der Waals surface area contributed by atoms with Gasteiger partial charge >= 0.3 is 0 Å². The molecule has 2 fully saturated rings. The van der Waals surface area contributed by atoms with Crippen LogP contribution >= 0.6 is 0 Å². The molecule has 216 valence electrons. The third kappa shape index (κ3) is 7.04. The Morgan fingerprint density at radius 3 is 2.10 bits per heavy atom. The molecule has 2 aromatic rings. The van der Waals surface area contributed by atoms with Gasteiger partial charge in [-0.3, -0.25) is 14.4 Å². The lowest BCUT2D eigenvalue weighted by Crippen LogP contribution is -2.49. The van der Waals surface area contributed by atoms with Gasteiger partial charge in [-0.15, -0.1) is 0 Å². The number of piperazine rings is 2. The third-order valence-electron chi connectivity index (χ3n) is 7.20. The summed E-state index contributed by atoms with van der Waals surface area (Å²) in [5, 5.41) is 6.30. The van der Waals surface area contributed by atoms with Gasteiger partial charge in [-0.05, 0) is 41.8 Å². The highest BCUT2D eigenvalue weighted by molar-refractivity contribution is 6.07. The summed E-state index contributed by atoms with van der Waals surface area (Å²) in [6, 6.07) is 10.5. The molecule has 0 atom stereocenters. The summed E-state index contributed by atoms with van der Waals surface area (Å²) >= 11 is 0. The number of benzene rings is 2. The van der Waals surface area contributed by atoms with Gasteiger partial charge < -0.3 is 34.8 Å². The topological polar surface area (TPSA) is 103 Å². The molecule has 3 amide bonds. The van der Waals surface area contributed by atoms with Crippen molar-refractivity contribution < 1.29 is 23.9 Å². The van der Waals surface area contributed by atoms with Crippen LogP contribution in [0.5, 0.6) is 11.5 Å². The summed E-state index contributed by atoms with van der Waals surface area (Å²) in [6.45, 7) is 11.4. The lowest BCUT2D eigenvalue weighted by molar-refractivity contribution is -0.133. The molecule has 10 nitrogen and oxygen atoms in total. The Morgan fingerprint density at radius 1 is 0.825 bits per heavy atom. The maximum atomic E-state index is 13.4. The number of carbonyl (C=O) groups is 3. The molecule has 0 unspecified atom stereocenters. The smallest absolute Gasteiger partial charge is 0.255 e. The molecule has 0 aliphatic carbocycles. The summed E-state index contributed by atoms with van der Waals surface area (Å²) < 4.78 is 10.7. The number of carbonyl (C=O) groups excluding carboxylic acids is 3. The zero-order chi connectivity index (χ0) is 28.9. The fraction of sp³-hybridized carbons (Fsp3) is 0.500. The first-order valence-electron chi connectivity index (χ1n) is 13.8. The summed E-state index contributed by atoms with van der Waals surface area (Å²) in [4.78, 5) is 45.3. The predicted octanol–water partition coefficient (Wildman–Crippen LogP) is 3.09. The molecule has 0 saturated carbocycles. The van der Waals surface area contributed by atoms with Gasteiger partial charge in [0.05, 0.1) is 25.6 Å². The lowest BCUT2D eigenvalue weighted by atomic mass is 9.91. The highest BCUT2D eigenvalue weighted by atomic mass is 16.5. The van der Waals surface area contributed by atoms with Crippen molar-refractivity contribution in [1.29, 1.82) is 0 Å². The van der Waals surface area contributed by atoms with E-state index in [9.17, 15) is 14.4 Å². The van der Waals surface area contributed by atoms with Gasteiger partial charge in [0.1, 0.15) is 0 Å². The van der Waals surface area contributed by atoms with E-state index in [1.165, 1.54) is 7.11 Å². The molecule has 10 heteroatoms. The quantitative estimate of drug-likeness (QED) is 0.545. The number of anilines is 2. The molecule has 2 N–H and O–H groups in total. The first-order valence-corrected chi connectivity index (χ1v) is 13.8. The van der Waals surface area contributed by atoms with E-state index in [0.29, 0.717) is 74.0 Å². The molecule has 2 aliphatic heterocycles. The van der Waals surface area contributed by atoms with Gasteiger partial charge in [0.2, 0.25) is 5.91 Å². The van der Waals surface area contributed by atoms with Crippen LogP contribution in [0.3, 0.4) is 0 Å². The lowest BCUT2D eigenvalue weighted by Gasteiger charge is -2.38. The normalized spacial score (nSPS) is 16.0. The Morgan fingerprint density at radius 2 is 1.48 bits per heavy atom. The van der Waals surface area contributed by atoms with Crippen LogP contribution in [0.4, 0.5) is 11.4 Å². The molecule has 2 aliphatic rings. The van der Waals surface area contributed by atoms with E-state index in [0.717, 1.165) is 18.8 Å². The maximum Gasteiger partial charge on any atom is 0.255 e. The second-order valence-corrected chi connectivity index (χ2v) is 11.4. The van der Waals surface area contributed by atoms with Crippen molar-refractivity contribution in [3.05, 3.63) is 47.5 Å². The van der Waals surface area contributed by atoms with Crippen LogP contribution in [0.2, 0.25) is 0 Å². The summed E-state index contributed by atoms with van der Waals surface area (Å²) in [5.41, 5.74) is 2.22. The van der Waals surface area contributed by atoms with Gasteiger partial charge in [-0.2, -0.15) is 0 Å². The number of hydrogen-bond donors (Lipinski definition) is 2. The Balaban J connectivity index is 1.58. The van der Waals surface area contributed by atoms with Crippen molar-refractivity contribution in [3.63, 3.8) is 0 Å². The van der Waals surface area contributed by atoms with Crippen LogP contribution in [0.15, 0.2) is 36.4 Å². The Hall–Kier alpha value is -3.79. The summed E-state index contributed by atoms with van der Waals surface area (Å²) in [7, 11) is 3.07. The molecule has 2 aromatic carbocycles. The standard InChI is InChI=1S/C30H41N5O5/c1-30(2,3)20-27(36)34-16-14-33(15-17-34)24-8-6-22(29(38)35-12-10-31-11-13-35)18-23(24)32-28(37)21-7-9-25(39-4)26(19-21)40-5/h6-9,18-19,31H,10-17,20H2,1-5H3,(H,32,37). The Bertz CT molecular complexity index is 1230. The first kappa shape index (κ1) is 29.2. The second kappa shape index (κ2) is 12.6. The average Bonchev–Trinajstić information content (AvgIpc) is 2.96. The van der Waals surface area contributed by atoms with Crippen LogP contribution in [0.25, 0.3) is 0 Å². The summed E-state index contributed by atoms with van der Waals surface area (Å²) in [6.07, 6.45) is 0.502. The molecule has 0 aromatic heterocycles. The van der Waals surface area contributed by atoms with Crippen LogP contribution < -0.4 is 25.0 Å². The molecule has 0 spiro atoms. The summed E-state index contributed by atoms with van der Waals surface area (Å²) in [5.74, 6) is 0.752. The largest absolute Gasteiger partial charge is 0.493 e. The molecular formula is C30H41N5O5. The number of nitrogens with one attached hydrogen (secondary N) is 2. The molecule has 2 heterocycles. The molecule has 2 saturated heterocycles. The minimum Gasteiger partial charge on any atom is -0.493 e. The van der Waals surface area contributed by atoms with Crippen LogP contribution in [-0.4, -0.2) is 94.1 Å². The Labute approximate surface area is 236 Å². The van der Waals surface area contributed by atoms with Crippen molar-refractivity contribution >= 4 is 29.1 Å². The van der Waals surface area contributed by atoms with Gasteiger partial charge in [-0.25, -0.2) is 0 Å². The SMILES string of the molecule is COc1ccc(C(=O)Nc2cc(C(=O)N3CCNCC3)ccc2N2CCN(C(=O)CC(C)(C)C)CC2)cc1OC. The van der Waals surface area contributed by atoms with Gasteiger partial charge in [-0.1, -0.05) is 20.8 Å². The molecule has 0 bridgehead atoms. The van der Waals surface area contributed by atoms with Gasteiger partial charge in [0.15, 0.2) is 11.5 Å². The number of rotatable bonds is 7. The van der Waals surface area contributed by atoms with E-state index >= 15 is 0 Å². The van der Waals surface area contributed by atoms with E-state index in [-0.39, 0.29) is 23.1 Å². The zero-order valence-electron chi connectivity index (χ0n) is 24.2. The molecular weight excluding hydrogens is 510 g/mol. The van der Waals surface area contributed by atoms with E-state index in [1.54, 1.807) is 31.4 Å². The number of nitrogens with zero attached hydrogens (tertiary/aromatic N) is 3. The number of ether oxygens (including phenoxy) is 2. The predicted molar refractivity (Wildman–Crippen MR) is 156 cm³/mol. The number of methoxy groups -OCH3 is 2. The third-order valence-corrected chi connectivity index (χ3v) is 7.20. The fourth-order valence-electron chi connectivity index (χ4n) is 5.03. The molecule has 40 heavy (non-hydrogen) atoms. The zero-order valence-corrected chi connectivity index (χ0v) is 24.2. The van der Waals surface area contributed by atoms with Crippen LogP contribution in [0.1, 0.15) is 47.9 Å². The molecule has 0 radical (unpaired) electrons. The second-order valence-electron chi connectivity index (χ2n) is 11.4. The van der Waals surface area contributed by atoms with Crippen molar-refractivity contribution in [2.75, 3.05) is 76.8 Å². The average molecular weight is 552 g/mol. The first-order chi connectivity index (χ1) is 19.1. The van der Waals surface area contributed by atoms with Gasteiger partial charge in [0.25, 0.3) is 11.8 Å².